The van der Waals surface area contributed by atoms with Gasteiger partial charge in [-0.15, -0.1) is 0 Å². The van der Waals surface area contributed by atoms with Crippen LogP contribution < -0.4 is 10.5 Å². The van der Waals surface area contributed by atoms with Crippen LogP contribution in [0.5, 0.6) is 5.75 Å². The number of amides is 2. The Hall–Kier alpha value is -2.25. The molecule has 0 bridgehead atoms. The van der Waals surface area contributed by atoms with Crippen LogP contribution in [0.3, 0.4) is 0 Å². The lowest BCUT2D eigenvalue weighted by molar-refractivity contribution is -0.126. The van der Waals surface area contributed by atoms with Crippen molar-refractivity contribution in [3.8, 4) is 5.75 Å². The molecular formula is C18H14BrN3O5S3. The van der Waals surface area contributed by atoms with Gasteiger partial charge in [0.25, 0.3) is 5.91 Å². The number of sulfonamides is 1. The van der Waals surface area contributed by atoms with Gasteiger partial charge in [0.1, 0.15) is 16.6 Å². The number of anilines is 1. The highest BCUT2D eigenvalue weighted by molar-refractivity contribution is 9.10. The van der Waals surface area contributed by atoms with E-state index in [2.05, 4.69) is 21.2 Å². The van der Waals surface area contributed by atoms with Crippen LogP contribution in [0.2, 0.25) is 0 Å². The minimum atomic E-state index is -3.83. The molecule has 0 atom stereocenters. The van der Waals surface area contributed by atoms with Crippen LogP contribution in [-0.4, -0.2) is 41.1 Å². The number of nitrogens with one attached hydrogen (secondary N) is 1. The summed E-state index contributed by atoms with van der Waals surface area (Å²) in [5.41, 5.74) is 0.775. The van der Waals surface area contributed by atoms with Crippen LogP contribution in [0.15, 0.2) is 56.7 Å². The number of primary sulfonamides is 1. The molecule has 0 spiro atoms. The van der Waals surface area contributed by atoms with Gasteiger partial charge in [0.15, 0.2) is 0 Å². The molecule has 2 aromatic carbocycles. The molecule has 1 fully saturated rings. The highest BCUT2D eigenvalue weighted by Crippen LogP contribution is 2.34. The fourth-order valence-corrected chi connectivity index (χ4v) is 4.63. The summed E-state index contributed by atoms with van der Waals surface area (Å²) in [6.07, 6.45) is 1.50. The lowest BCUT2D eigenvalue weighted by atomic mass is 10.2. The third-order valence-electron chi connectivity index (χ3n) is 3.92. The Morgan fingerprint density at radius 1 is 1.27 bits per heavy atom. The molecule has 8 nitrogen and oxygen atoms in total. The van der Waals surface area contributed by atoms with Gasteiger partial charge in [0.05, 0.1) is 9.80 Å². The van der Waals surface area contributed by atoms with E-state index in [0.29, 0.717) is 11.3 Å². The average molecular weight is 528 g/mol. The first-order chi connectivity index (χ1) is 14.0. The van der Waals surface area contributed by atoms with Gasteiger partial charge in [0, 0.05) is 15.7 Å². The molecule has 0 saturated carbocycles. The molecule has 1 saturated heterocycles. The zero-order chi connectivity index (χ0) is 22.1. The second kappa shape index (κ2) is 8.86. The molecule has 2 amide bonds. The molecule has 1 heterocycles. The molecule has 0 aliphatic carbocycles. The zero-order valence-corrected chi connectivity index (χ0v) is 19.1. The van der Waals surface area contributed by atoms with Gasteiger partial charge in [-0.1, -0.05) is 39.9 Å². The summed E-state index contributed by atoms with van der Waals surface area (Å²) in [5.74, 6) is -0.963. The van der Waals surface area contributed by atoms with Gasteiger partial charge < -0.3 is 10.4 Å². The highest BCUT2D eigenvalue weighted by Gasteiger charge is 2.33. The molecule has 4 N–H and O–H groups in total. The number of hydrogen-bond donors (Lipinski definition) is 3. The van der Waals surface area contributed by atoms with E-state index in [1.54, 1.807) is 12.1 Å². The molecule has 1 aliphatic heterocycles. The van der Waals surface area contributed by atoms with Crippen LogP contribution in [0.4, 0.5) is 5.69 Å². The SMILES string of the molecule is NS(=O)(=O)c1ccc(NC(=O)CN2C(=O)/C(=C/c3cc(Br)ccc3O)SC2=S)cc1. The summed E-state index contributed by atoms with van der Waals surface area (Å²) in [4.78, 5) is 26.3. The monoisotopic (exact) mass is 527 g/mol. The molecule has 2 aromatic rings. The van der Waals surface area contributed by atoms with Gasteiger partial charge in [-0.2, -0.15) is 0 Å². The average Bonchev–Trinajstić information content (AvgIpc) is 2.92. The van der Waals surface area contributed by atoms with Crippen molar-refractivity contribution in [2.75, 3.05) is 11.9 Å². The van der Waals surface area contributed by atoms with Gasteiger partial charge in [-0.05, 0) is 48.5 Å². The molecule has 0 aromatic heterocycles. The van der Waals surface area contributed by atoms with Crippen LogP contribution in [-0.2, 0) is 19.6 Å². The standard InChI is InChI=1S/C18H14BrN3O5S3/c19-11-1-6-14(23)10(7-11)8-15-17(25)22(18(28)29-15)9-16(24)21-12-2-4-13(5-3-12)30(20,26)27/h1-8,23H,9H2,(H,21,24)(H2,20,26,27)/b15-8-. The summed E-state index contributed by atoms with van der Waals surface area (Å²) in [6.45, 7) is -0.316. The van der Waals surface area contributed by atoms with E-state index < -0.39 is 21.8 Å². The predicted molar refractivity (Wildman–Crippen MR) is 122 cm³/mol. The molecule has 0 radical (unpaired) electrons. The largest absolute Gasteiger partial charge is 0.507 e. The van der Waals surface area contributed by atoms with Crippen molar-refractivity contribution >= 4 is 77.8 Å². The summed E-state index contributed by atoms with van der Waals surface area (Å²) in [6, 6.07) is 10.1. The Kier molecular flexibility index (Phi) is 6.62. The van der Waals surface area contributed by atoms with Gasteiger partial charge in [-0.25, -0.2) is 13.6 Å². The quantitative estimate of drug-likeness (QED) is 0.402. The minimum Gasteiger partial charge on any atom is -0.507 e. The van der Waals surface area contributed by atoms with Crippen molar-refractivity contribution in [1.82, 2.24) is 4.90 Å². The third kappa shape index (κ3) is 5.26. The summed E-state index contributed by atoms with van der Waals surface area (Å²) < 4.78 is 23.5. The maximum absolute atomic E-state index is 12.7. The highest BCUT2D eigenvalue weighted by atomic mass is 79.9. The summed E-state index contributed by atoms with van der Waals surface area (Å²) in [7, 11) is -3.83. The molecule has 0 unspecified atom stereocenters. The first kappa shape index (κ1) is 22.4. The minimum absolute atomic E-state index is 0.00384. The zero-order valence-electron chi connectivity index (χ0n) is 15.0. The number of carbonyl (C=O) groups excluding carboxylic acids is 2. The van der Waals surface area contributed by atoms with E-state index in [4.69, 9.17) is 17.4 Å². The van der Waals surface area contributed by atoms with Gasteiger partial charge >= 0.3 is 0 Å². The van der Waals surface area contributed by atoms with Crippen LogP contribution in [0.25, 0.3) is 6.08 Å². The Bertz CT molecular complexity index is 1180. The van der Waals surface area contributed by atoms with Crippen molar-refractivity contribution < 1.29 is 23.1 Å². The Morgan fingerprint density at radius 2 is 1.93 bits per heavy atom. The van der Waals surface area contributed by atoms with E-state index in [9.17, 15) is 23.1 Å². The topological polar surface area (TPSA) is 130 Å². The number of carbonyl (C=O) groups is 2. The van der Waals surface area contributed by atoms with E-state index >= 15 is 0 Å². The van der Waals surface area contributed by atoms with Crippen molar-refractivity contribution in [2.45, 2.75) is 4.90 Å². The number of nitrogens with zero attached hydrogens (tertiary/aromatic N) is 1. The van der Waals surface area contributed by atoms with Gasteiger partial charge in [-0.3, -0.25) is 14.5 Å². The summed E-state index contributed by atoms with van der Waals surface area (Å²) >= 11 is 9.53. The predicted octanol–water partition coefficient (Wildman–Crippen LogP) is 2.64. The number of hydrogen-bond acceptors (Lipinski definition) is 7. The van der Waals surface area contributed by atoms with Crippen molar-refractivity contribution in [3.63, 3.8) is 0 Å². The number of phenols is 1. The summed E-state index contributed by atoms with van der Waals surface area (Å²) in [5, 5.41) is 17.6. The van der Waals surface area contributed by atoms with E-state index in [-0.39, 0.29) is 26.4 Å². The molecule has 1 aliphatic rings. The molecule has 156 valence electrons. The lowest BCUT2D eigenvalue weighted by Gasteiger charge is -2.14. The Morgan fingerprint density at radius 3 is 2.57 bits per heavy atom. The fourth-order valence-electron chi connectivity index (χ4n) is 2.49. The van der Waals surface area contributed by atoms with E-state index in [1.807, 2.05) is 0 Å². The van der Waals surface area contributed by atoms with Crippen molar-refractivity contribution in [2.24, 2.45) is 5.14 Å². The third-order valence-corrected chi connectivity index (χ3v) is 6.72. The first-order valence-corrected chi connectivity index (χ1v) is 11.8. The second-order valence-corrected chi connectivity index (χ2v) is 10.2. The molecular weight excluding hydrogens is 514 g/mol. The second-order valence-electron chi connectivity index (χ2n) is 6.09. The molecule has 30 heavy (non-hydrogen) atoms. The number of thioether (sulfide) groups is 1. The Labute approximate surface area is 190 Å². The molecule has 12 heteroatoms. The number of thiocarbonyl (C=S) groups is 1. The van der Waals surface area contributed by atoms with Crippen molar-refractivity contribution in [3.05, 3.63) is 57.4 Å². The normalized spacial score (nSPS) is 15.7. The number of aromatic hydroxyl groups is 1. The number of phenolic OH excluding ortho intramolecular Hbond substituents is 1. The van der Waals surface area contributed by atoms with E-state index in [0.717, 1.165) is 21.1 Å². The maximum atomic E-state index is 12.7. The van der Waals surface area contributed by atoms with Crippen LogP contribution in [0, 0.1) is 0 Å². The van der Waals surface area contributed by atoms with E-state index in [1.165, 1.54) is 36.4 Å². The maximum Gasteiger partial charge on any atom is 0.266 e. The number of nitrogens with two attached hydrogens (primary N) is 1. The first-order valence-electron chi connectivity index (χ1n) is 8.21. The number of halogens is 1. The van der Waals surface area contributed by atoms with Crippen LogP contribution >= 0.6 is 39.9 Å². The Balaban J connectivity index is 1.70. The van der Waals surface area contributed by atoms with Crippen molar-refractivity contribution in [1.29, 1.82) is 0 Å². The van der Waals surface area contributed by atoms with Gasteiger partial charge in [0.2, 0.25) is 15.9 Å². The number of benzene rings is 2. The molecule has 3 rings (SSSR count). The number of rotatable bonds is 5. The smallest absolute Gasteiger partial charge is 0.266 e. The lowest BCUT2D eigenvalue weighted by Crippen LogP contribution is -2.36. The fraction of sp³-hybridized carbons (Fsp3) is 0.0556. The van der Waals surface area contributed by atoms with Crippen LogP contribution in [0.1, 0.15) is 5.56 Å².